The fourth-order valence-electron chi connectivity index (χ4n) is 1.67. The molecule has 1 fully saturated rings. The van der Waals surface area contributed by atoms with E-state index in [-0.39, 0.29) is 5.75 Å². The van der Waals surface area contributed by atoms with Gasteiger partial charge in [-0.1, -0.05) is 11.6 Å². The Hall–Kier alpha value is -1.20. The minimum Gasteiger partial charge on any atom is -0.508 e. The lowest BCUT2D eigenvalue weighted by Gasteiger charge is -2.11. The van der Waals surface area contributed by atoms with E-state index < -0.39 is 5.41 Å². The van der Waals surface area contributed by atoms with Crippen molar-refractivity contribution in [2.75, 3.05) is 0 Å². The second kappa shape index (κ2) is 2.90. The predicted molar refractivity (Wildman–Crippen MR) is 54.4 cm³/mol. The Morgan fingerprint density at radius 3 is 2.64 bits per heavy atom. The number of aromatic hydroxyl groups is 1. The van der Waals surface area contributed by atoms with Gasteiger partial charge in [0.2, 0.25) is 0 Å². The molecule has 0 unspecified atom stereocenters. The third kappa shape index (κ3) is 1.25. The lowest BCUT2D eigenvalue weighted by atomic mass is 9.95. The van der Waals surface area contributed by atoms with Crippen molar-refractivity contribution < 1.29 is 5.11 Å². The van der Waals surface area contributed by atoms with Gasteiger partial charge in [0.15, 0.2) is 0 Å². The van der Waals surface area contributed by atoms with E-state index in [4.69, 9.17) is 16.9 Å². The number of halogens is 1. The molecule has 0 saturated heterocycles. The lowest BCUT2D eigenvalue weighted by molar-refractivity contribution is 0.473. The van der Waals surface area contributed by atoms with Gasteiger partial charge in [-0.25, -0.2) is 0 Å². The van der Waals surface area contributed by atoms with Crippen LogP contribution in [0.2, 0.25) is 5.02 Å². The summed E-state index contributed by atoms with van der Waals surface area (Å²) < 4.78 is 0. The fourth-order valence-corrected chi connectivity index (χ4v) is 1.96. The highest BCUT2D eigenvalue weighted by Crippen LogP contribution is 2.51. The number of phenols is 1. The van der Waals surface area contributed by atoms with Crippen molar-refractivity contribution in [2.24, 2.45) is 0 Å². The molecule has 1 N–H and O–H groups in total. The van der Waals surface area contributed by atoms with Gasteiger partial charge in [-0.2, -0.15) is 5.26 Å². The standard InChI is InChI=1S/C11H10ClNO/c1-7-4-8(14)5-9(10(7)12)11(6-13)2-3-11/h4-5,14H,2-3H2,1H3. The molecule has 0 spiro atoms. The van der Waals surface area contributed by atoms with E-state index in [0.29, 0.717) is 5.02 Å². The summed E-state index contributed by atoms with van der Waals surface area (Å²) in [6.45, 7) is 1.83. The molecule has 72 valence electrons. The largest absolute Gasteiger partial charge is 0.508 e. The van der Waals surface area contributed by atoms with Gasteiger partial charge in [0.25, 0.3) is 0 Å². The second-order valence-electron chi connectivity index (χ2n) is 3.82. The molecule has 0 amide bonds. The maximum absolute atomic E-state index is 9.44. The highest BCUT2D eigenvalue weighted by molar-refractivity contribution is 6.32. The molecular weight excluding hydrogens is 198 g/mol. The molecule has 14 heavy (non-hydrogen) atoms. The zero-order chi connectivity index (χ0) is 10.3. The number of hydrogen-bond acceptors (Lipinski definition) is 2. The topological polar surface area (TPSA) is 44.0 Å². The van der Waals surface area contributed by atoms with Crippen LogP contribution in [0.3, 0.4) is 0 Å². The molecule has 2 nitrogen and oxygen atoms in total. The Balaban J connectivity index is 2.59. The highest BCUT2D eigenvalue weighted by atomic mass is 35.5. The van der Waals surface area contributed by atoms with E-state index in [9.17, 15) is 5.11 Å². The number of benzene rings is 1. The molecule has 1 saturated carbocycles. The van der Waals surface area contributed by atoms with Gasteiger partial charge in [-0.3, -0.25) is 0 Å². The predicted octanol–water partition coefficient (Wildman–Crippen LogP) is 2.91. The van der Waals surface area contributed by atoms with Crippen LogP contribution >= 0.6 is 11.6 Å². The smallest absolute Gasteiger partial charge is 0.116 e. The van der Waals surface area contributed by atoms with E-state index in [1.54, 1.807) is 12.1 Å². The molecule has 1 aromatic carbocycles. The van der Waals surface area contributed by atoms with Crippen LogP contribution in [0, 0.1) is 18.3 Å². The molecule has 0 bridgehead atoms. The van der Waals surface area contributed by atoms with Crippen molar-refractivity contribution in [1.82, 2.24) is 0 Å². The van der Waals surface area contributed by atoms with Gasteiger partial charge in [0.1, 0.15) is 5.75 Å². The Kier molecular flexibility index (Phi) is 1.94. The van der Waals surface area contributed by atoms with Gasteiger partial charge < -0.3 is 5.11 Å². The van der Waals surface area contributed by atoms with Crippen LogP contribution in [0.1, 0.15) is 24.0 Å². The fraction of sp³-hybridized carbons (Fsp3) is 0.364. The van der Waals surface area contributed by atoms with Gasteiger partial charge in [-0.05, 0) is 43.0 Å². The Morgan fingerprint density at radius 2 is 2.14 bits per heavy atom. The summed E-state index contributed by atoms with van der Waals surface area (Å²) >= 11 is 6.11. The van der Waals surface area contributed by atoms with E-state index in [1.165, 1.54) is 0 Å². The van der Waals surface area contributed by atoms with E-state index in [1.807, 2.05) is 6.92 Å². The van der Waals surface area contributed by atoms with Crippen LogP contribution in [0.5, 0.6) is 5.75 Å². The third-order valence-corrected chi connectivity index (χ3v) is 3.22. The molecule has 1 aliphatic carbocycles. The average Bonchev–Trinajstić information content (AvgIpc) is 2.92. The number of nitriles is 1. The van der Waals surface area contributed by atoms with Gasteiger partial charge >= 0.3 is 0 Å². The summed E-state index contributed by atoms with van der Waals surface area (Å²) in [5.74, 6) is 0.184. The van der Waals surface area contributed by atoms with E-state index >= 15 is 0 Å². The molecule has 1 aliphatic rings. The Morgan fingerprint density at radius 1 is 1.50 bits per heavy atom. The maximum atomic E-state index is 9.44. The molecular formula is C11H10ClNO. The first-order valence-electron chi connectivity index (χ1n) is 4.50. The van der Waals surface area contributed by atoms with Crippen molar-refractivity contribution in [3.8, 4) is 11.8 Å². The third-order valence-electron chi connectivity index (χ3n) is 2.72. The quantitative estimate of drug-likeness (QED) is 0.770. The van der Waals surface area contributed by atoms with Crippen molar-refractivity contribution in [3.05, 3.63) is 28.3 Å². The van der Waals surface area contributed by atoms with Crippen molar-refractivity contribution in [3.63, 3.8) is 0 Å². The van der Waals surface area contributed by atoms with Crippen molar-refractivity contribution >= 4 is 11.6 Å². The number of phenolic OH excluding ortho intramolecular Hbond substituents is 1. The summed E-state index contributed by atoms with van der Waals surface area (Å²) in [6, 6.07) is 5.48. The van der Waals surface area contributed by atoms with Crippen LogP contribution in [-0.4, -0.2) is 5.11 Å². The Bertz CT molecular complexity index is 430. The Labute approximate surface area is 87.7 Å². The maximum Gasteiger partial charge on any atom is 0.116 e. The van der Waals surface area contributed by atoms with Crippen molar-refractivity contribution in [1.29, 1.82) is 5.26 Å². The molecule has 0 heterocycles. The molecule has 0 atom stereocenters. The summed E-state index contributed by atoms with van der Waals surface area (Å²) in [6.07, 6.45) is 1.68. The average molecular weight is 208 g/mol. The van der Waals surface area contributed by atoms with Crippen LogP contribution in [0.15, 0.2) is 12.1 Å². The minimum absolute atomic E-state index is 0.184. The van der Waals surface area contributed by atoms with Crippen LogP contribution in [-0.2, 0) is 5.41 Å². The molecule has 0 aromatic heterocycles. The second-order valence-corrected chi connectivity index (χ2v) is 4.20. The highest BCUT2D eigenvalue weighted by Gasteiger charge is 2.46. The number of hydrogen-bond donors (Lipinski definition) is 1. The first-order valence-corrected chi connectivity index (χ1v) is 4.88. The van der Waals surface area contributed by atoms with Gasteiger partial charge in [-0.15, -0.1) is 0 Å². The normalized spacial score (nSPS) is 17.5. The van der Waals surface area contributed by atoms with Gasteiger partial charge in [0.05, 0.1) is 11.5 Å². The van der Waals surface area contributed by atoms with Crippen LogP contribution < -0.4 is 0 Å². The first-order chi connectivity index (χ1) is 6.59. The molecule has 2 rings (SSSR count). The zero-order valence-electron chi connectivity index (χ0n) is 7.84. The molecule has 1 aromatic rings. The molecule has 0 radical (unpaired) electrons. The zero-order valence-corrected chi connectivity index (χ0v) is 8.60. The summed E-state index contributed by atoms with van der Waals surface area (Å²) in [7, 11) is 0. The minimum atomic E-state index is -0.430. The summed E-state index contributed by atoms with van der Waals surface area (Å²) in [5, 5.41) is 19.1. The molecule has 3 heteroatoms. The molecule has 0 aliphatic heterocycles. The SMILES string of the molecule is Cc1cc(O)cc(C2(C#N)CC2)c1Cl. The monoisotopic (exact) mass is 207 g/mol. The summed E-state index contributed by atoms with van der Waals surface area (Å²) in [4.78, 5) is 0. The van der Waals surface area contributed by atoms with Crippen LogP contribution in [0.25, 0.3) is 0 Å². The number of rotatable bonds is 1. The number of aryl methyl sites for hydroxylation is 1. The number of nitrogens with zero attached hydrogens (tertiary/aromatic N) is 1. The van der Waals surface area contributed by atoms with Crippen molar-refractivity contribution in [2.45, 2.75) is 25.2 Å². The van der Waals surface area contributed by atoms with Gasteiger partial charge in [0, 0.05) is 5.02 Å². The first kappa shape index (κ1) is 9.36. The summed E-state index contributed by atoms with van der Waals surface area (Å²) in [5.41, 5.74) is 1.17. The van der Waals surface area contributed by atoms with Crippen LogP contribution in [0.4, 0.5) is 0 Å². The lowest BCUT2D eigenvalue weighted by Crippen LogP contribution is -2.04. The van der Waals surface area contributed by atoms with E-state index in [2.05, 4.69) is 6.07 Å². The van der Waals surface area contributed by atoms with E-state index in [0.717, 1.165) is 24.0 Å².